The van der Waals surface area contributed by atoms with E-state index in [0.29, 0.717) is 24.5 Å². The van der Waals surface area contributed by atoms with Gasteiger partial charge in [-0.3, -0.25) is 9.78 Å². The van der Waals surface area contributed by atoms with Crippen LogP contribution in [0.2, 0.25) is 0 Å². The van der Waals surface area contributed by atoms with Crippen molar-refractivity contribution in [3.8, 4) is 11.5 Å². The van der Waals surface area contributed by atoms with Crippen molar-refractivity contribution < 1.29 is 14.3 Å². The van der Waals surface area contributed by atoms with Crippen molar-refractivity contribution in [2.45, 2.75) is 26.0 Å². The molecule has 0 fully saturated rings. The number of nitrogens with zero attached hydrogens (tertiary/aromatic N) is 1. The van der Waals surface area contributed by atoms with Crippen molar-refractivity contribution in [3.63, 3.8) is 0 Å². The Morgan fingerprint density at radius 1 is 1.23 bits per heavy atom. The highest BCUT2D eigenvalue weighted by molar-refractivity contribution is 5.81. The van der Waals surface area contributed by atoms with E-state index in [4.69, 9.17) is 9.47 Å². The monoisotopic (exact) mass is 300 g/mol. The van der Waals surface area contributed by atoms with E-state index in [1.54, 1.807) is 25.4 Å². The van der Waals surface area contributed by atoms with Gasteiger partial charge in [0.25, 0.3) is 5.91 Å². The fourth-order valence-corrected chi connectivity index (χ4v) is 1.96. The Kier molecular flexibility index (Phi) is 5.77. The highest BCUT2D eigenvalue weighted by Crippen LogP contribution is 2.20. The number of carbonyl (C=O) groups is 1. The van der Waals surface area contributed by atoms with Gasteiger partial charge in [0.1, 0.15) is 11.5 Å². The van der Waals surface area contributed by atoms with Gasteiger partial charge in [-0.25, -0.2) is 0 Å². The lowest BCUT2D eigenvalue weighted by Crippen LogP contribution is -2.37. The molecule has 22 heavy (non-hydrogen) atoms. The first kappa shape index (κ1) is 15.8. The van der Waals surface area contributed by atoms with Crippen LogP contribution in [0.4, 0.5) is 0 Å². The fraction of sp³-hybridized carbons (Fsp3) is 0.294. The molecule has 2 rings (SSSR count). The van der Waals surface area contributed by atoms with E-state index in [1.165, 1.54) is 0 Å². The van der Waals surface area contributed by atoms with Crippen molar-refractivity contribution in [3.05, 3.63) is 54.4 Å². The summed E-state index contributed by atoms with van der Waals surface area (Å²) in [5.74, 6) is 1.15. The van der Waals surface area contributed by atoms with Crippen LogP contribution in [0.3, 0.4) is 0 Å². The summed E-state index contributed by atoms with van der Waals surface area (Å²) in [7, 11) is 1.59. The number of hydrogen-bond donors (Lipinski definition) is 1. The molecule has 0 aliphatic carbocycles. The smallest absolute Gasteiger partial charge is 0.261 e. The number of benzene rings is 1. The lowest BCUT2D eigenvalue weighted by Gasteiger charge is -2.17. The van der Waals surface area contributed by atoms with Gasteiger partial charge >= 0.3 is 0 Å². The van der Waals surface area contributed by atoms with Gasteiger partial charge in [-0.15, -0.1) is 0 Å². The largest absolute Gasteiger partial charge is 0.497 e. The fourth-order valence-electron chi connectivity index (χ4n) is 1.96. The van der Waals surface area contributed by atoms with E-state index in [1.807, 2.05) is 37.3 Å². The maximum atomic E-state index is 12.2. The number of ether oxygens (including phenoxy) is 2. The molecule has 0 radical (unpaired) electrons. The van der Waals surface area contributed by atoms with Gasteiger partial charge in [0.2, 0.25) is 0 Å². The average molecular weight is 300 g/mol. The Balaban J connectivity index is 1.93. The van der Waals surface area contributed by atoms with E-state index in [2.05, 4.69) is 10.3 Å². The average Bonchev–Trinajstić information content (AvgIpc) is 2.58. The molecule has 1 heterocycles. The van der Waals surface area contributed by atoms with E-state index in [-0.39, 0.29) is 5.91 Å². The molecule has 1 amide bonds. The molecule has 5 nitrogen and oxygen atoms in total. The first-order valence-electron chi connectivity index (χ1n) is 7.21. The maximum Gasteiger partial charge on any atom is 0.261 e. The van der Waals surface area contributed by atoms with Crippen LogP contribution in [0.25, 0.3) is 0 Å². The molecule has 2 aromatic rings. The SMILES string of the molecule is CC[C@@H](Oc1cccc(OC)c1)C(=O)NCc1ccccn1. The van der Waals surface area contributed by atoms with Crippen LogP contribution < -0.4 is 14.8 Å². The molecule has 0 saturated carbocycles. The molecule has 0 bridgehead atoms. The van der Waals surface area contributed by atoms with Crippen molar-refractivity contribution >= 4 is 5.91 Å². The molecule has 1 N–H and O–H groups in total. The van der Waals surface area contributed by atoms with Gasteiger partial charge in [-0.1, -0.05) is 19.1 Å². The predicted octanol–water partition coefficient (Wildman–Crippen LogP) is 2.56. The van der Waals surface area contributed by atoms with Crippen LogP contribution in [-0.2, 0) is 11.3 Å². The summed E-state index contributed by atoms with van der Waals surface area (Å²) in [5, 5.41) is 2.84. The number of aromatic nitrogens is 1. The molecular weight excluding hydrogens is 280 g/mol. The molecule has 5 heteroatoms. The summed E-state index contributed by atoms with van der Waals surface area (Å²) in [4.78, 5) is 16.4. The highest BCUT2D eigenvalue weighted by atomic mass is 16.5. The summed E-state index contributed by atoms with van der Waals surface area (Å²) in [5.41, 5.74) is 0.812. The summed E-state index contributed by atoms with van der Waals surface area (Å²) < 4.78 is 10.9. The van der Waals surface area contributed by atoms with Gasteiger partial charge in [0.15, 0.2) is 6.10 Å². The maximum absolute atomic E-state index is 12.2. The number of nitrogens with one attached hydrogen (secondary N) is 1. The Labute approximate surface area is 130 Å². The van der Waals surface area contributed by atoms with Gasteiger partial charge in [0.05, 0.1) is 19.3 Å². The van der Waals surface area contributed by atoms with E-state index in [9.17, 15) is 4.79 Å². The molecular formula is C17H20N2O3. The minimum absolute atomic E-state index is 0.157. The van der Waals surface area contributed by atoms with Crippen LogP contribution in [0, 0.1) is 0 Å². The molecule has 1 aromatic heterocycles. The number of methoxy groups -OCH3 is 1. The zero-order chi connectivity index (χ0) is 15.8. The number of pyridine rings is 1. The molecule has 0 saturated heterocycles. The zero-order valence-electron chi connectivity index (χ0n) is 12.8. The van der Waals surface area contributed by atoms with Crippen molar-refractivity contribution in [2.75, 3.05) is 7.11 Å². The van der Waals surface area contributed by atoms with E-state index < -0.39 is 6.10 Å². The van der Waals surface area contributed by atoms with Gasteiger partial charge in [-0.05, 0) is 30.7 Å². The standard InChI is InChI=1S/C17H20N2O3/c1-3-16(22-15-9-6-8-14(11-15)21-2)17(20)19-12-13-7-4-5-10-18-13/h4-11,16H,3,12H2,1-2H3,(H,19,20)/t16-/m1/s1. The van der Waals surface area contributed by atoms with Gasteiger partial charge in [-0.2, -0.15) is 0 Å². The Hall–Kier alpha value is -2.56. The number of carbonyl (C=O) groups excluding carboxylic acids is 1. The lowest BCUT2D eigenvalue weighted by molar-refractivity contribution is -0.128. The first-order valence-corrected chi connectivity index (χ1v) is 7.21. The summed E-state index contributed by atoms with van der Waals surface area (Å²) >= 11 is 0. The second kappa shape index (κ2) is 8.02. The van der Waals surface area contributed by atoms with Crippen LogP contribution >= 0.6 is 0 Å². The van der Waals surface area contributed by atoms with Crippen molar-refractivity contribution in [2.24, 2.45) is 0 Å². The normalized spacial score (nSPS) is 11.5. The third kappa shape index (κ3) is 4.48. The number of rotatable bonds is 7. The second-order valence-electron chi connectivity index (χ2n) is 4.73. The lowest BCUT2D eigenvalue weighted by atomic mass is 10.2. The van der Waals surface area contributed by atoms with Crippen LogP contribution in [-0.4, -0.2) is 24.1 Å². The highest BCUT2D eigenvalue weighted by Gasteiger charge is 2.18. The molecule has 0 unspecified atom stereocenters. The van der Waals surface area contributed by atoms with Crippen LogP contribution in [0.15, 0.2) is 48.7 Å². The molecule has 0 aliphatic rings. The van der Waals surface area contributed by atoms with Crippen molar-refractivity contribution in [1.29, 1.82) is 0 Å². The number of hydrogen-bond acceptors (Lipinski definition) is 4. The first-order chi connectivity index (χ1) is 10.7. The third-order valence-corrected chi connectivity index (χ3v) is 3.15. The predicted molar refractivity (Wildman–Crippen MR) is 83.8 cm³/mol. The summed E-state index contributed by atoms with van der Waals surface area (Å²) in [6.07, 6.45) is 1.73. The summed E-state index contributed by atoms with van der Waals surface area (Å²) in [6.45, 7) is 2.29. The van der Waals surface area contributed by atoms with Crippen molar-refractivity contribution in [1.82, 2.24) is 10.3 Å². The Morgan fingerprint density at radius 3 is 2.73 bits per heavy atom. The van der Waals surface area contributed by atoms with E-state index >= 15 is 0 Å². The summed E-state index contributed by atoms with van der Waals surface area (Å²) in [6, 6.07) is 12.8. The molecule has 0 spiro atoms. The Bertz CT molecular complexity index is 602. The van der Waals surface area contributed by atoms with Crippen LogP contribution in [0.1, 0.15) is 19.0 Å². The Morgan fingerprint density at radius 2 is 2.05 bits per heavy atom. The topological polar surface area (TPSA) is 60.5 Å². The molecule has 1 aromatic carbocycles. The van der Waals surface area contributed by atoms with Gasteiger partial charge < -0.3 is 14.8 Å². The third-order valence-electron chi connectivity index (χ3n) is 3.15. The molecule has 0 aliphatic heterocycles. The molecule has 116 valence electrons. The minimum atomic E-state index is -0.546. The van der Waals surface area contributed by atoms with E-state index in [0.717, 1.165) is 5.69 Å². The zero-order valence-corrected chi connectivity index (χ0v) is 12.8. The van der Waals surface area contributed by atoms with Gasteiger partial charge in [0, 0.05) is 12.3 Å². The van der Waals surface area contributed by atoms with Crippen LogP contribution in [0.5, 0.6) is 11.5 Å². The quantitative estimate of drug-likeness (QED) is 0.853. The minimum Gasteiger partial charge on any atom is -0.497 e. The number of amides is 1. The second-order valence-corrected chi connectivity index (χ2v) is 4.73. The molecule has 1 atom stereocenters.